The van der Waals surface area contributed by atoms with Gasteiger partial charge in [0.2, 0.25) is 5.95 Å². The van der Waals surface area contributed by atoms with Crippen LogP contribution in [0.4, 0.5) is 29.0 Å². The lowest BCUT2D eigenvalue weighted by Gasteiger charge is -2.28. The van der Waals surface area contributed by atoms with Crippen LogP contribution in [0.1, 0.15) is 5.69 Å². The molecule has 1 saturated heterocycles. The van der Waals surface area contributed by atoms with Gasteiger partial charge in [-0.1, -0.05) is 11.3 Å². The van der Waals surface area contributed by atoms with Crippen molar-refractivity contribution in [2.45, 2.75) is 6.92 Å². The molecule has 1 aliphatic rings. The zero-order chi connectivity index (χ0) is 24.3. The van der Waals surface area contributed by atoms with Crippen LogP contribution in [0.15, 0.2) is 54.7 Å². The van der Waals surface area contributed by atoms with Gasteiger partial charge < -0.3 is 20.3 Å². The minimum absolute atomic E-state index is 0.449. The summed E-state index contributed by atoms with van der Waals surface area (Å²) in [5, 5.41) is 17.3. The Balaban J connectivity index is 1.23. The van der Waals surface area contributed by atoms with E-state index in [1.165, 1.54) is 5.69 Å². The molecule has 0 radical (unpaired) electrons. The lowest BCUT2D eigenvalue weighted by atomic mass is 10.2. The van der Waals surface area contributed by atoms with E-state index in [1.54, 1.807) is 12.3 Å². The maximum atomic E-state index is 5.43. The van der Waals surface area contributed by atoms with Crippen molar-refractivity contribution in [2.75, 3.05) is 41.8 Å². The molecule has 1 fully saturated rings. The van der Waals surface area contributed by atoms with E-state index in [2.05, 4.69) is 68.0 Å². The molecule has 0 unspecified atom stereocenters. The molecule has 3 N–H and O–H groups in total. The fourth-order valence-corrected chi connectivity index (χ4v) is 3.94. The third-order valence-electron chi connectivity index (χ3n) is 5.71. The van der Waals surface area contributed by atoms with Crippen LogP contribution in [-0.2, 0) is 4.74 Å². The molecule has 6 rings (SSSR count). The van der Waals surface area contributed by atoms with Crippen molar-refractivity contribution >= 4 is 40.1 Å². The number of aromatic nitrogens is 8. The Morgan fingerprint density at radius 1 is 0.917 bits per heavy atom. The second-order valence-electron chi connectivity index (χ2n) is 8.23. The first-order chi connectivity index (χ1) is 17.7. The van der Waals surface area contributed by atoms with Crippen LogP contribution < -0.4 is 15.5 Å². The van der Waals surface area contributed by atoms with Gasteiger partial charge in [0, 0.05) is 36.4 Å². The molecule has 12 nitrogen and oxygen atoms in total. The second kappa shape index (κ2) is 9.50. The number of fused-ring (bicyclic) bond motifs is 1. The summed E-state index contributed by atoms with van der Waals surface area (Å²) >= 11 is 0. The highest BCUT2D eigenvalue weighted by Crippen LogP contribution is 2.25. The molecule has 12 heteroatoms. The van der Waals surface area contributed by atoms with Crippen molar-refractivity contribution in [1.29, 1.82) is 0 Å². The maximum Gasteiger partial charge on any atom is 0.229 e. The Labute approximate surface area is 206 Å². The summed E-state index contributed by atoms with van der Waals surface area (Å²) in [5.41, 5.74) is 4.58. The second-order valence-corrected chi connectivity index (χ2v) is 8.23. The number of H-pyrrole nitrogens is 1. The van der Waals surface area contributed by atoms with Crippen LogP contribution in [0.2, 0.25) is 0 Å². The van der Waals surface area contributed by atoms with Crippen molar-refractivity contribution in [3.8, 4) is 11.5 Å². The predicted octanol–water partition coefficient (Wildman–Crippen LogP) is 3.23. The number of aromatic amines is 1. The van der Waals surface area contributed by atoms with Gasteiger partial charge in [0.1, 0.15) is 11.5 Å². The van der Waals surface area contributed by atoms with E-state index >= 15 is 0 Å². The van der Waals surface area contributed by atoms with E-state index in [0.717, 1.165) is 37.7 Å². The average Bonchev–Trinajstić information content (AvgIpc) is 3.39. The van der Waals surface area contributed by atoms with Gasteiger partial charge in [-0.05, 0) is 49.4 Å². The third-order valence-corrected chi connectivity index (χ3v) is 5.71. The predicted molar refractivity (Wildman–Crippen MR) is 136 cm³/mol. The van der Waals surface area contributed by atoms with E-state index in [-0.39, 0.29) is 0 Å². The van der Waals surface area contributed by atoms with Crippen molar-refractivity contribution in [3.05, 3.63) is 60.4 Å². The topological polar surface area (TPSA) is 143 Å². The van der Waals surface area contributed by atoms with E-state index in [4.69, 9.17) is 4.74 Å². The van der Waals surface area contributed by atoms with E-state index < -0.39 is 0 Å². The summed E-state index contributed by atoms with van der Waals surface area (Å²) < 4.78 is 5.43. The van der Waals surface area contributed by atoms with Gasteiger partial charge in [-0.3, -0.25) is 0 Å². The third kappa shape index (κ3) is 4.61. The molecule has 0 amide bonds. The minimum atomic E-state index is 0.449. The molecule has 5 aromatic rings. The number of ether oxygens (including phenoxy) is 1. The van der Waals surface area contributed by atoms with Crippen LogP contribution in [-0.4, -0.2) is 66.6 Å². The number of aryl methyl sites for hydroxylation is 1. The van der Waals surface area contributed by atoms with Gasteiger partial charge in [-0.15, -0.1) is 5.10 Å². The van der Waals surface area contributed by atoms with Crippen molar-refractivity contribution in [2.24, 2.45) is 0 Å². The fraction of sp³-hybridized carbons (Fsp3) is 0.208. The molecule has 0 bridgehead atoms. The van der Waals surface area contributed by atoms with Crippen molar-refractivity contribution < 1.29 is 4.74 Å². The summed E-state index contributed by atoms with van der Waals surface area (Å²) in [6.07, 6.45) is 1.67. The Hall–Kier alpha value is -4.71. The number of hydrogen-bond acceptors (Lipinski definition) is 11. The summed E-state index contributed by atoms with van der Waals surface area (Å²) in [7, 11) is 0. The maximum absolute atomic E-state index is 5.43. The van der Waals surface area contributed by atoms with E-state index in [0.29, 0.717) is 40.3 Å². The smallest absolute Gasteiger partial charge is 0.229 e. The number of nitrogens with zero attached hydrogens (tertiary/aromatic N) is 8. The van der Waals surface area contributed by atoms with Crippen LogP contribution in [0.5, 0.6) is 0 Å². The number of pyridine rings is 1. The first-order valence-electron chi connectivity index (χ1n) is 11.5. The van der Waals surface area contributed by atoms with Crippen molar-refractivity contribution in [3.63, 3.8) is 0 Å². The summed E-state index contributed by atoms with van der Waals surface area (Å²) in [5.74, 6) is 1.91. The largest absolute Gasteiger partial charge is 0.378 e. The van der Waals surface area contributed by atoms with E-state index in [1.807, 2.05) is 37.3 Å². The number of rotatable bonds is 6. The molecular weight excluding hydrogens is 458 g/mol. The number of morpholine rings is 1. The van der Waals surface area contributed by atoms with Crippen molar-refractivity contribution in [1.82, 2.24) is 40.3 Å². The van der Waals surface area contributed by atoms with Gasteiger partial charge in [0.05, 0.1) is 13.2 Å². The lowest BCUT2D eigenvalue weighted by Crippen LogP contribution is -2.36. The molecule has 1 aromatic carbocycles. The summed E-state index contributed by atoms with van der Waals surface area (Å²) in [6, 6.07) is 15.6. The van der Waals surface area contributed by atoms with Gasteiger partial charge >= 0.3 is 0 Å². The Morgan fingerprint density at radius 2 is 1.78 bits per heavy atom. The molecule has 4 aromatic heterocycles. The Morgan fingerprint density at radius 3 is 2.61 bits per heavy atom. The molecular formula is C24H23N11O. The monoisotopic (exact) mass is 481 g/mol. The molecule has 0 atom stereocenters. The van der Waals surface area contributed by atoms with Crippen LogP contribution in [0, 0.1) is 6.92 Å². The molecule has 0 saturated carbocycles. The molecule has 0 spiro atoms. The Bertz CT molecular complexity index is 1500. The highest BCUT2D eigenvalue weighted by Gasteiger charge is 2.15. The molecule has 5 heterocycles. The number of anilines is 5. The zero-order valence-corrected chi connectivity index (χ0v) is 19.5. The normalized spacial score (nSPS) is 13.6. The summed E-state index contributed by atoms with van der Waals surface area (Å²) in [4.78, 5) is 24.9. The molecule has 36 heavy (non-hydrogen) atoms. The Kier molecular flexibility index (Phi) is 5.75. The van der Waals surface area contributed by atoms with Gasteiger partial charge in [-0.2, -0.15) is 4.98 Å². The van der Waals surface area contributed by atoms with Gasteiger partial charge in [-0.25, -0.2) is 25.0 Å². The van der Waals surface area contributed by atoms with Crippen LogP contribution in [0.3, 0.4) is 0 Å². The highest BCUT2D eigenvalue weighted by molar-refractivity contribution is 5.85. The first kappa shape index (κ1) is 21.8. The first-order valence-corrected chi connectivity index (χ1v) is 11.5. The molecule has 180 valence electrons. The average molecular weight is 482 g/mol. The number of benzene rings is 1. The fourth-order valence-electron chi connectivity index (χ4n) is 3.94. The minimum Gasteiger partial charge on any atom is -0.378 e. The summed E-state index contributed by atoms with van der Waals surface area (Å²) in [6.45, 7) is 5.22. The lowest BCUT2D eigenvalue weighted by molar-refractivity contribution is 0.122. The van der Waals surface area contributed by atoms with Crippen LogP contribution >= 0.6 is 0 Å². The molecule has 0 aliphatic carbocycles. The number of hydrogen-bond donors (Lipinski definition) is 3. The standard InChI is InChI=1S/C24H23N11O/c1-15-3-2-4-18(26-15)21-30-22(20-23(31-21)33-34-32-20)28-19-9-10-25-24(29-19)27-16-5-7-17(8-6-16)35-11-13-36-14-12-35/h2-10H,11-14H2,1H3,(H3,25,27,28,29,30,31,32,33,34). The van der Waals surface area contributed by atoms with Gasteiger partial charge in [0.15, 0.2) is 22.8 Å². The number of nitrogens with one attached hydrogen (secondary N) is 3. The quantitative estimate of drug-likeness (QED) is 0.329. The highest BCUT2D eigenvalue weighted by atomic mass is 16.5. The van der Waals surface area contributed by atoms with Crippen LogP contribution in [0.25, 0.3) is 22.7 Å². The van der Waals surface area contributed by atoms with Gasteiger partial charge in [0.25, 0.3) is 0 Å². The SMILES string of the molecule is Cc1cccc(-c2nc(Nc3ccnc(Nc4ccc(N5CCOCC5)cc4)n3)c3nn[nH]c3n2)n1. The zero-order valence-electron chi connectivity index (χ0n) is 19.5. The van der Waals surface area contributed by atoms with E-state index in [9.17, 15) is 0 Å². The molecule has 1 aliphatic heterocycles.